The first-order valence-corrected chi connectivity index (χ1v) is 9.95. The maximum absolute atomic E-state index is 13.0. The van der Waals surface area contributed by atoms with Gasteiger partial charge in [-0.05, 0) is 30.7 Å². The minimum Gasteiger partial charge on any atom is -0.380 e. The molecule has 29 heavy (non-hydrogen) atoms. The molecule has 2 fully saturated rings. The lowest BCUT2D eigenvalue weighted by Crippen LogP contribution is -2.67. The number of hydrogen-bond donors (Lipinski definition) is 0. The molecule has 2 aliphatic heterocycles. The van der Waals surface area contributed by atoms with E-state index in [0.29, 0.717) is 35.6 Å². The van der Waals surface area contributed by atoms with E-state index in [1.165, 1.54) is 6.42 Å². The van der Waals surface area contributed by atoms with E-state index in [4.69, 9.17) is 10.00 Å². The lowest BCUT2D eigenvalue weighted by Gasteiger charge is -2.55. The van der Waals surface area contributed by atoms with Crippen molar-refractivity contribution in [3.63, 3.8) is 0 Å². The van der Waals surface area contributed by atoms with Crippen molar-refractivity contribution < 1.29 is 9.53 Å². The van der Waals surface area contributed by atoms with Crippen molar-refractivity contribution in [2.75, 3.05) is 31.2 Å². The van der Waals surface area contributed by atoms with Gasteiger partial charge in [-0.15, -0.1) is 0 Å². The summed E-state index contributed by atoms with van der Waals surface area (Å²) in [6, 6.07) is 8.91. The number of benzene rings is 1. The van der Waals surface area contributed by atoms with Crippen molar-refractivity contribution in [2.45, 2.75) is 33.1 Å². The number of anilines is 1. The Morgan fingerprint density at radius 2 is 1.90 bits per heavy atom. The van der Waals surface area contributed by atoms with Crippen molar-refractivity contribution in [3.8, 4) is 11.8 Å². The number of aromatic nitrogens is 2. The first kappa shape index (κ1) is 20.7. The topological polar surface area (TPSA) is 88.2 Å². The molecule has 3 heterocycles. The molecule has 0 atom stereocenters. The normalized spacial score (nSPS) is 16.1. The molecule has 0 unspecified atom stereocenters. The number of nitrogens with zero attached hydrogens (tertiary/aromatic N) is 4. The van der Waals surface area contributed by atoms with Crippen LogP contribution >= 0.6 is 0 Å². The molecule has 2 aliphatic rings. The first-order chi connectivity index (χ1) is 14.1. The Kier molecular flexibility index (Phi) is 6.45. The minimum absolute atomic E-state index is 0.173. The van der Waals surface area contributed by atoms with Gasteiger partial charge in [-0.25, -0.2) is 4.98 Å². The molecule has 4 rings (SSSR count). The van der Waals surface area contributed by atoms with Crippen molar-refractivity contribution in [2.24, 2.45) is 5.41 Å². The van der Waals surface area contributed by atoms with Crippen LogP contribution in [0.1, 0.15) is 37.9 Å². The number of rotatable bonds is 5. The second-order valence-corrected chi connectivity index (χ2v) is 7.65. The molecular formula is C22H26N4O3. The average molecular weight is 394 g/mol. The van der Waals surface area contributed by atoms with Crippen LogP contribution in [0.15, 0.2) is 35.3 Å². The quantitative estimate of drug-likeness (QED) is 0.724. The second-order valence-electron chi connectivity index (χ2n) is 7.65. The molecule has 2 aromatic rings. The Labute approximate surface area is 170 Å². The number of ether oxygens (including phenoxy) is 1. The fourth-order valence-electron chi connectivity index (χ4n) is 3.44. The number of carbonyl (C=O) groups is 1. The molecule has 7 nitrogen and oxygen atoms in total. The van der Waals surface area contributed by atoms with Crippen LogP contribution in [-0.4, -0.2) is 42.1 Å². The van der Waals surface area contributed by atoms with E-state index in [-0.39, 0.29) is 11.0 Å². The van der Waals surface area contributed by atoms with Gasteiger partial charge in [0.15, 0.2) is 5.82 Å². The van der Waals surface area contributed by atoms with E-state index < -0.39 is 0 Å². The molecule has 0 aliphatic carbocycles. The van der Waals surface area contributed by atoms with E-state index in [1.807, 2.05) is 4.90 Å². The van der Waals surface area contributed by atoms with Gasteiger partial charge < -0.3 is 14.4 Å². The fraction of sp³-hybridized carbons (Fsp3) is 0.455. The van der Waals surface area contributed by atoms with Crippen molar-refractivity contribution in [1.29, 1.82) is 5.26 Å². The van der Waals surface area contributed by atoms with E-state index in [0.717, 1.165) is 32.6 Å². The Morgan fingerprint density at radius 3 is 2.41 bits per heavy atom. The monoisotopic (exact) mass is 394 g/mol. The lowest BCUT2D eigenvalue weighted by atomic mass is 9.78. The molecule has 1 spiro atoms. The predicted molar refractivity (Wildman–Crippen MR) is 110 cm³/mol. The van der Waals surface area contributed by atoms with Gasteiger partial charge in [0, 0.05) is 31.4 Å². The molecule has 7 heteroatoms. The van der Waals surface area contributed by atoms with Crippen LogP contribution in [0.3, 0.4) is 0 Å². The Balaban J connectivity index is 0.000000755. The van der Waals surface area contributed by atoms with Crippen LogP contribution in [0.25, 0.3) is 5.69 Å². The minimum atomic E-state index is -0.195. The highest BCUT2D eigenvalue weighted by atomic mass is 16.5. The number of hydrogen-bond acceptors (Lipinski definition) is 6. The average Bonchev–Trinajstić information content (AvgIpc) is 2.66. The third-order valence-electron chi connectivity index (χ3n) is 4.90. The number of aldehydes is 1. The smallest absolute Gasteiger partial charge is 0.298 e. The van der Waals surface area contributed by atoms with Gasteiger partial charge in [0.2, 0.25) is 0 Å². The molecule has 0 saturated carbocycles. The highest BCUT2D eigenvalue weighted by molar-refractivity contribution is 5.51. The highest BCUT2D eigenvalue weighted by Crippen LogP contribution is 2.38. The van der Waals surface area contributed by atoms with Crippen LogP contribution in [-0.2, 0) is 16.0 Å². The van der Waals surface area contributed by atoms with Gasteiger partial charge in [-0.1, -0.05) is 20.3 Å². The van der Waals surface area contributed by atoms with Crippen molar-refractivity contribution in [3.05, 3.63) is 52.1 Å². The van der Waals surface area contributed by atoms with E-state index in [9.17, 15) is 9.59 Å². The molecule has 152 valence electrons. The summed E-state index contributed by atoms with van der Waals surface area (Å²) in [7, 11) is 0. The summed E-state index contributed by atoms with van der Waals surface area (Å²) in [5.74, 6) is 0.412. The molecule has 0 amide bonds. The zero-order chi connectivity index (χ0) is 20.9. The summed E-state index contributed by atoms with van der Waals surface area (Å²) in [6.07, 6.45) is 4.62. The molecule has 1 aromatic heterocycles. The largest absolute Gasteiger partial charge is 0.380 e. The molecule has 0 N–H and O–H groups in total. The van der Waals surface area contributed by atoms with Gasteiger partial charge in [-0.3, -0.25) is 9.36 Å². The summed E-state index contributed by atoms with van der Waals surface area (Å²) in [5, 5.41) is 8.95. The fourth-order valence-corrected chi connectivity index (χ4v) is 3.44. The van der Waals surface area contributed by atoms with Gasteiger partial charge in [0.05, 0.1) is 36.0 Å². The summed E-state index contributed by atoms with van der Waals surface area (Å²) in [4.78, 5) is 30.2. The highest BCUT2D eigenvalue weighted by Gasteiger charge is 2.50. The molecule has 2 saturated heterocycles. The van der Waals surface area contributed by atoms with E-state index in [1.54, 1.807) is 35.0 Å². The maximum atomic E-state index is 13.0. The summed E-state index contributed by atoms with van der Waals surface area (Å²) < 4.78 is 6.84. The van der Waals surface area contributed by atoms with Crippen LogP contribution in [0.4, 0.5) is 5.82 Å². The Hall–Kier alpha value is -2.98. The second kappa shape index (κ2) is 9.01. The molecular weight excluding hydrogens is 368 g/mol. The van der Waals surface area contributed by atoms with E-state index >= 15 is 0 Å². The Bertz CT molecular complexity index is 948. The predicted octanol–water partition coefficient (Wildman–Crippen LogP) is 2.49. The van der Waals surface area contributed by atoms with Gasteiger partial charge >= 0.3 is 0 Å². The maximum Gasteiger partial charge on any atom is 0.298 e. The van der Waals surface area contributed by atoms with Crippen molar-refractivity contribution >= 4 is 12.1 Å². The SMILES string of the molecule is CCC.N#Cc1ccc(-n2cc(CCC=O)nc(N3CC4(COC4)C3)c2=O)cc1. The van der Waals surface area contributed by atoms with Gasteiger partial charge in [0.25, 0.3) is 5.56 Å². The Morgan fingerprint density at radius 1 is 1.24 bits per heavy atom. The van der Waals surface area contributed by atoms with Crippen LogP contribution < -0.4 is 10.5 Å². The van der Waals surface area contributed by atoms with Crippen LogP contribution in [0.2, 0.25) is 0 Å². The van der Waals surface area contributed by atoms with E-state index in [2.05, 4.69) is 24.9 Å². The standard InChI is InChI=1S/C19H18N4O3.C3H8/c20-8-14-3-5-16(6-4-14)23-9-15(2-1-7-24)21-17(18(23)25)22-10-19(11-22)12-26-13-19;1-3-2/h3-7,9H,1-2,10-13H2;3H2,1-2H3. The third kappa shape index (κ3) is 4.38. The van der Waals surface area contributed by atoms with Crippen LogP contribution in [0.5, 0.6) is 0 Å². The van der Waals surface area contributed by atoms with Crippen molar-refractivity contribution in [1.82, 2.24) is 9.55 Å². The summed E-state index contributed by atoms with van der Waals surface area (Å²) >= 11 is 0. The first-order valence-electron chi connectivity index (χ1n) is 9.95. The number of aryl methyl sites for hydroxylation is 1. The number of carbonyl (C=O) groups excluding carboxylic acids is 1. The zero-order valence-corrected chi connectivity index (χ0v) is 16.9. The van der Waals surface area contributed by atoms with Gasteiger partial charge in [-0.2, -0.15) is 5.26 Å². The molecule has 0 radical (unpaired) electrons. The molecule has 1 aromatic carbocycles. The molecule has 0 bridgehead atoms. The lowest BCUT2D eigenvalue weighted by molar-refractivity contribution is -0.127. The zero-order valence-electron chi connectivity index (χ0n) is 16.9. The van der Waals surface area contributed by atoms with Crippen LogP contribution in [0, 0.1) is 16.7 Å². The summed E-state index contributed by atoms with van der Waals surface area (Å²) in [5.41, 5.74) is 1.88. The van der Waals surface area contributed by atoms with Gasteiger partial charge in [0.1, 0.15) is 6.29 Å². The summed E-state index contributed by atoms with van der Waals surface area (Å²) in [6.45, 7) is 7.25. The number of nitriles is 1. The third-order valence-corrected chi connectivity index (χ3v) is 4.90.